The number of benzene rings is 2. The van der Waals surface area contributed by atoms with Crippen molar-refractivity contribution in [3.63, 3.8) is 0 Å². The van der Waals surface area contributed by atoms with Gasteiger partial charge in [-0.25, -0.2) is 17.9 Å². The highest BCUT2D eigenvalue weighted by molar-refractivity contribution is 7.90. The van der Waals surface area contributed by atoms with Crippen molar-refractivity contribution in [2.45, 2.75) is 11.4 Å². The van der Waals surface area contributed by atoms with Gasteiger partial charge in [0.2, 0.25) is 5.91 Å². The van der Waals surface area contributed by atoms with E-state index in [9.17, 15) is 18.0 Å². The summed E-state index contributed by atoms with van der Waals surface area (Å²) >= 11 is 5.96. The molecule has 28 heavy (non-hydrogen) atoms. The second kappa shape index (κ2) is 7.91. The Balaban J connectivity index is 0.00000225. The van der Waals surface area contributed by atoms with E-state index in [1.807, 2.05) is 18.2 Å². The Bertz CT molecular complexity index is 1150. The van der Waals surface area contributed by atoms with Crippen molar-refractivity contribution < 1.29 is 25.6 Å². The number of hydrogen-bond acceptors (Lipinski definition) is 5. The predicted octanol–water partition coefficient (Wildman–Crippen LogP) is 3.47. The van der Waals surface area contributed by atoms with Crippen LogP contribution in [-0.2, 0) is 26.1 Å². The van der Waals surface area contributed by atoms with E-state index < -0.39 is 16.1 Å². The van der Waals surface area contributed by atoms with Gasteiger partial charge in [0.1, 0.15) is 6.54 Å². The molecule has 0 atom stereocenters. The van der Waals surface area contributed by atoms with Crippen LogP contribution in [0.1, 0.15) is 2.85 Å². The maximum atomic E-state index is 12.3. The Morgan fingerprint density at radius 1 is 1.14 bits per heavy atom. The number of rotatable bonds is 5. The second-order valence-corrected chi connectivity index (χ2v) is 7.94. The summed E-state index contributed by atoms with van der Waals surface area (Å²) in [6.45, 7) is 0.0785. The Morgan fingerprint density at radius 2 is 1.86 bits per heavy atom. The highest BCUT2D eigenvalue weighted by Crippen LogP contribution is 2.21. The van der Waals surface area contributed by atoms with E-state index in [0.717, 1.165) is 18.0 Å². The molecule has 0 fully saturated rings. The smallest absolute Gasteiger partial charge is 0.420 e. The monoisotopic (exact) mass is 425 g/mol. The van der Waals surface area contributed by atoms with Crippen LogP contribution in [0, 0.1) is 0 Å². The normalized spacial score (nSPS) is 11.2. The van der Waals surface area contributed by atoms with Gasteiger partial charge >= 0.3 is 6.09 Å². The molecule has 0 aliphatic rings. The van der Waals surface area contributed by atoms with Crippen molar-refractivity contribution in [2.75, 3.05) is 12.4 Å². The number of aromatic nitrogens is 1. The molecule has 0 aliphatic heterocycles. The molecule has 3 rings (SSSR count). The lowest BCUT2D eigenvalue weighted by molar-refractivity contribution is -0.116. The molecule has 0 aliphatic carbocycles. The van der Waals surface area contributed by atoms with Crippen LogP contribution in [0.5, 0.6) is 0 Å². The van der Waals surface area contributed by atoms with Crippen molar-refractivity contribution >= 4 is 50.2 Å². The molecule has 3 aromatic rings. The number of sulfonamides is 1. The van der Waals surface area contributed by atoms with Crippen molar-refractivity contribution in [1.29, 1.82) is 0 Å². The van der Waals surface area contributed by atoms with E-state index in [-0.39, 0.29) is 20.2 Å². The number of ether oxygens (including phenoxy) is 1. The lowest BCUT2D eigenvalue weighted by Crippen LogP contribution is -2.30. The average Bonchev–Trinajstić information content (AvgIpc) is 3.03. The topological polar surface area (TPSA) is 106 Å². The first-order valence-electron chi connectivity index (χ1n) is 8.03. The van der Waals surface area contributed by atoms with E-state index in [4.69, 9.17) is 11.6 Å². The zero-order valence-electron chi connectivity index (χ0n) is 14.7. The summed E-state index contributed by atoms with van der Waals surface area (Å²) in [7, 11) is -2.98. The molecule has 1 aromatic heterocycles. The molecule has 0 saturated carbocycles. The van der Waals surface area contributed by atoms with Crippen LogP contribution >= 0.6 is 11.6 Å². The lowest BCUT2D eigenvalue weighted by Gasteiger charge is -2.09. The maximum absolute atomic E-state index is 12.3. The number of nitrogens with one attached hydrogen (secondary N) is 2. The fourth-order valence-corrected chi connectivity index (χ4v) is 3.69. The van der Waals surface area contributed by atoms with Crippen LogP contribution < -0.4 is 10.0 Å². The fraction of sp³-hybridized carbons (Fsp3) is 0.111. The number of nitrogens with zero attached hydrogens (tertiary/aromatic N) is 1. The van der Waals surface area contributed by atoms with Gasteiger partial charge in [0.15, 0.2) is 0 Å². The first-order chi connectivity index (χ1) is 13.3. The number of halogens is 1. The highest BCUT2D eigenvalue weighted by atomic mass is 35.5. The first kappa shape index (κ1) is 19.7. The van der Waals surface area contributed by atoms with Crippen LogP contribution in [0.25, 0.3) is 10.9 Å². The third-order valence-corrected chi connectivity index (χ3v) is 5.46. The molecule has 150 valence electrons. The van der Waals surface area contributed by atoms with Crippen LogP contribution in [0.4, 0.5) is 10.5 Å². The van der Waals surface area contributed by atoms with Gasteiger partial charge in [-0.15, -0.1) is 0 Å². The zero-order chi connectivity index (χ0) is 20.3. The third kappa shape index (κ3) is 4.44. The number of anilines is 1. The van der Waals surface area contributed by atoms with Gasteiger partial charge in [0.05, 0.1) is 12.0 Å². The summed E-state index contributed by atoms with van der Waals surface area (Å²) in [6, 6.07) is 12.7. The number of fused-ring (bicyclic) bond motifs is 1. The quantitative estimate of drug-likeness (QED) is 0.650. The van der Waals surface area contributed by atoms with Crippen molar-refractivity contribution in [3.8, 4) is 0 Å². The molecule has 2 N–H and O–H groups in total. The van der Waals surface area contributed by atoms with Crippen molar-refractivity contribution in [2.24, 2.45) is 0 Å². The number of hydrogen-bond donors (Lipinski definition) is 2. The maximum Gasteiger partial charge on any atom is 0.420 e. The summed E-state index contributed by atoms with van der Waals surface area (Å²) < 4.78 is 31.8. The fourth-order valence-electron chi connectivity index (χ4n) is 2.59. The molecule has 0 saturated heterocycles. The van der Waals surface area contributed by atoms with Gasteiger partial charge in [-0.3, -0.25) is 4.79 Å². The Kier molecular flexibility index (Phi) is 5.57. The van der Waals surface area contributed by atoms with Crippen LogP contribution in [0.15, 0.2) is 59.6 Å². The molecule has 0 bridgehead atoms. The number of carbonyl (C=O) groups excluding carboxylic acids is 2. The average molecular weight is 426 g/mol. The van der Waals surface area contributed by atoms with Crippen LogP contribution in [0.3, 0.4) is 0 Å². The van der Waals surface area contributed by atoms with E-state index in [2.05, 4.69) is 10.1 Å². The summed E-state index contributed by atoms with van der Waals surface area (Å²) in [5, 5.41) is 4.24. The molecular formula is C18H20ClN3O5S. The Labute approximate surface area is 169 Å². The van der Waals surface area contributed by atoms with Gasteiger partial charge in [-0.05, 0) is 48.5 Å². The zero-order valence-corrected chi connectivity index (χ0v) is 16.3. The van der Waals surface area contributed by atoms with Crippen LogP contribution in [0.2, 0.25) is 5.02 Å². The molecule has 1 heterocycles. The number of amides is 2. The molecule has 0 spiro atoms. The Morgan fingerprint density at radius 3 is 2.54 bits per heavy atom. The van der Waals surface area contributed by atoms with Crippen molar-refractivity contribution in [3.05, 3.63) is 59.8 Å². The van der Waals surface area contributed by atoms with E-state index in [0.29, 0.717) is 10.7 Å². The number of methoxy groups -OCH3 is 1. The van der Waals surface area contributed by atoms with Gasteiger partial charge in [0.25, 0.3) is 10.0 Å². The van der Waals surface area contributed by atoms with Gasteiger partial charge in [-0.2, -0.15) is 0 Å². The van der Waals surface area contributed by atoms with Gasteiger partial charge < -0.3 is 14.6 Å². The minimum atomic E-state index is -4.04. The first-order valence-corrected chi connectivity index (χ1v) is 9.90. The van der Waals surface area contributed by atoms with E-state index >= 15 is 0 Å². The van der Waals surface area contributed by atoms with Gasteiger partial charge in [-0.1, -0.05) is 11.6 Å². The SMILES string of the molecule is COC(=O)NS(=O)(=O)c1ccc(NC(=O)Cn2ccc3cc(Cl)ccc32)cc1.[HH].[HH]. The van der Waals surface area contributed by atoms with E-state index in [1.54, 1.807) is 21.6 Å². The van der Waals surface area contributed by atoms with Crippen LogP contribution in [-0.4, -0.2) is 32.1 Å². The summed E-state index contributed by atoms with van der Waals surface area (Å²) in [4.78, 5) is 23.3. The van der Waals surface area contributed by atoms with Gasteiger partial charge in [0, 0.05) is 30.7 Å². The summed E-state index contributed by atoms with van der Waals surface area (Å²) in [5.41, 5.74) is 1.29. The minimum absolute atomic E-state index is 0. The molecule has 2 aromatic carbocycles. The summed E-state index contributed by atoms with van der Waals surface area (Å²) in [5.74, 6) is -0.282. The minimum Gasteiger partial charge on any atom is -0.452 e. The molecule has 0 radical (unpaired) electrons. The standard InChI is InChI=1S/C18H16ClN3O5S.2H2/c1-27-18(24)21-28(25,26)15-5-3-14(4-6-15)20-17(23)11-22-9-8-12-10-13(19)2-7-16(12)22;;/h2-10H,11H2,1H3,(H,20,23)(H,21,24);2*1H. The Hall–Kier alpha value is -3.04. The van der Waals surface area contributed by atoms with E-state index in [1.165, 1.54) is 24.3 Å². The predicted molar refractivity (Wildman–Crippen MR) is 109 cm³/mol. The van der Waals surface area contributed by atoms with Crippen molar-refractivity contribution in [1.82, 2.24) is 9.29 Å². The molecule has 10 heteroatoms. The molecule has 0 unspecified atom stereocenters. The highest BCUT2D eigenvalue weighted by Gasteiger charge is 2.17. The molecular weight excluding hydrogens is 406 g/mol. The summed E-state index contributed by atoms with van der Waals surface area (Å²) in [6.07, 6.45) is 0.701. The number of carbonyl (C=O) groups is 2. The molecule has 8 nitrogen and oxygen atoms in total. The largest absolute Gasteiger partial charge is 0.452 e. The molecule has 2 amide bonds. The second-order valence-electron chi connectivity index (χ2n) is 5.82. The lowest BCUT2D eigenvalue weighted by atomic mass is 10.2. The third-order valence-electron chi connectivity index (χ3n) is 3.90.